The van der Waals surface area contributed by atoms with Gasteiger partial charge in [-0.2, -0.15) is 0 Å². The van der Waals surface area contributed by atoms with E-state index < -0.39 is 5.91 Å². The predicted octanol–water partition coefficient (Wildman–Crippen LogP) is 1.43. The lowest BCUT2D eigenvalue weighted by atomic mass is 10.3. The molecule has 11 heavy (non-hydrogen) atoms. The molecule has 0 aliphatic heterocycles. The summed E-state index contributed by atoms with van der Waals surface area (Å²) in [7, 11) is 1.65. The lowest BCUT2D eigenvalue weighted by Crippen LogP contribution is -2.10. The van der Waals surface area contributed by atoms with Crippen molar-refractivity contribution in [3.05, 3.63) is 21.9 Å². The second kappa shape index (κ2) is 2.75. The fourth-order valence-corrected chi connectivity index (χ4v) is 1.20. The summed E-state index contributed by atoms with van der Waals surface area (Å²) in [4.78, 5) is 10.7. The highest BCUT2D eigenvalue weighted by atomic mass is 35.5. The van der Waals surface area contributed by atoms with Crippen LogP contribution in [-0.2, 0) is 7.05 Å². The van der Waals surface area contributed by atoms with E-state index in [4.69, 9.17) is 28.9 Å². The molecule has 0 fully saturated rings. The molecule has 0 saturated heterocycles. The summed E-state index contributed by atoms with van der Waals surface area (Å²) in [5.41, 5.74) is 5.25. The van der Waals surface area contributed by atoms with E-state index in [0.717, 1.165) is 0 Å². The first-order valence-electron chi connectivity index (χ1n) is 2.84. The Labute approximate surface area is 73.7 Å². The number of carbonyl (C=O) groups is 1. The van der Waals surface area contributed by atoms with Crippen LogP contribution in [0.15, 0.2) is 6.07 Å². The average Bonchev–Trinajstić information content (AvgIpc) is 2.17. The van der Waals surface area contributed by atoms with Gasteiger partial charge in [0.25, 0.3) is 5.91 Å². The molecule has 0 saturated carbocycles. The number of rotatable bonds is 1. The van der Waals surface area contributed by atoms with Gasteiger partial charge in [-0.1, -0.05) is 23.2 Å². The molecule has 1 aromatic heterocycles. The molecule has 60 valence electrons. The fourth-order valence-electron chi connectivity index (χ4n) is 0.723. The minimum atomic E-state index is -0.572. The van der Waals surface area contributed by atoms with Crippen molar-refractivity contribution >= 4 is 29.1 Å². The lowest BCUT2D eigenvalue weighted by Gasteiger charge is -1.94. The van der Waals surface area contributed by atoms with E-state index in [-0.39, 0.29) is 10.7 Å². The van der Waals surface area contributed by atoms with Crippen LogP contribution in [-0.4, -0.2) is 10.5 Å². The molecule has 0 aliphatic rings. The second-order valence-corrected chi connectivity index (χ2v) is 2.84. The molecule has 1 aromatic rings. The van der Waals surface area contributed by atoms with E-state index >= 15 is 0 Å². The van der Waals surface area contributed by atoms with E-state index in [2.05, 4.69) is 0 Å². The van der Waals surface area contributed by atoms with Crippen molar-refractivity contribution in [3.8, 4) is 0 Å². The van der Waals surface area contributed by atoms with Crippen molar-refractivity contribution in [1.82, 2.24) is 4.57 Å². The zero-order valence-corrected chi connectivity index (χ0v) is 7.28. The summed E-state index contributed by atoms with van der Waals surface area (Å²) < 4.78 is 1.48. The highest BCUT2D eigenvalue weighted by Gasteiger charge is 2.12. The van der Waals surface area contributed by atoms with Crippen LogP contribution in [0.3, 0.4) is 0 Å². The smallest absolute Gasteiger partial charge is 0.251 e. The maximum absolute atomic E-state index is 10.7. The van der Waals surface area contributed by atoms with E-state index in [1.165, 1.54) is 10.6 Å². The van der Waals surface area contributed by atoms with Crippen LogP contribution in [0.1, 0.15) is 10.4 Å². The monoisotopic (exact) mass is 192 g/mol. The Morgan fingerprint density at radius 1 is 1.64 bits per heavy atom. The van der Waals surface area contributed by atoms with Crippen molar-refractivity contribution < 1.29 is 4.79 Å². The molecule has 0 radical (unpaired) electrons. The molecule has 0 aromatic carbocycles. The Balaban J connectivity index is 3.29. The van der Waals surface area contributed by atoms with Gasteiger partial charge in [-0.05, 0) is 6.07 Å². The number of hydrogen-bond acceptors (Lipinski definition) is 1. The van der Waals surface area contributed by atoms with Crippen molar-refractivity contribution in [3.63, 3.8) is 0 Å². The quantitative estimate of drug-likeness (QED) is 0.720. The molecule has 3 nitrogen and oxygen atoms in total. The van der Waals surface area contributed by atoms with Crippen LogP contribution in [0.5, 0.6) is 0 Å². The second-order valence-electron chi connectivity index (χ2n) is 2.09. The highest BCUT2D eigenvalue weighted by molar-refractivity contribution is 6.36. The maximum Gasteiger partial charge on any atom is 0.251 e. The van der Waals surface area contributed by atoms with Gasteiger partial charge in [0.1, 0.15) is 10.3 Å². The molecule has 0 aliphatic carbocycles. The van der Waals surface area contributed by atoms with Gasteiger partial charge in [0, 0.05) is 7.05 Å². The van der Waals surface area contributed by atoms with Gasteiger partial charge < -0.3 is 10.3 Å². The Morgan fingerprint density at radius 3 is 2.36 bits per heavy atom. The standard InChI is InChI=1S/C6H6Cl2N2O/c1-10-4(7)2-3(5(10)8)6(9)11/h2H,1H3,(H2,9,11). The zero-order valence-electron chi connectivity index (χ0n) is 5.77. The summed E-state index contributed by atoms with van der Waals surface area (Å²) in [6.45, 7) is 0. The zero-order chi connectivity index (χ0) is 8.59. The lowest BCUT2D eigenvalue weighted by molar-refractivity contribution is 0.100. The molecule has 5 heteroatoms. The Bertz CT molecular complexity index is 306. The van der Waals surface area contributed by atoms with Crippen molar-refractivity contribution in [2.75, 3.05) is 0 Å². The van der Waals surface area contributed by atoms with Crippen molar-refractivity contribution in [2.45, 2.75) is 0 Å². The fraction of sp³-hybridized carbons (Fsp3) is 0.167. The summed E-state index contributed by atoms with van der Waals surface area (Å²) >= 11 is 11.3. The minimum absolute atomic E-state index is 0.249. The number of nitrogens with two attached hydrogens (primary N) is 1. The number of carbonyl (C=O) groups excluding carboxylic acids is 1. The summed E-state index contributed by atoms with van der Waals surface area (Å²) in [6.07, 6.45) is 0. The van der Waals surface area contributed by atoms with Crippen molar-refractivity contribution in [1.29, 1.82) is 0 Å². The normalized spacial score (nSPS) is 10.1. The first-order valence-corrected chi connectivity index (χ1v) is 3.60. The molecule has 0 unspecified atom stereocenters. The van der Waals surface area contributed by atoms with E-state index in [1.807, 2.05) is 0 Å². The molecule has 0 bridgehead atoms. The Kier molecular flexibility index (Phi) is 2.11. The van der Waals surface area contributed by atoms with Gasteiger partial charge in [0.05, 0.1) is 5.56 Å². The molecular weight excluding hydrogens is 187 g/mol. The Morgan fingerprint density at radius 2 is 2.18 bits per heavy atom. The van der Waals surface area contributed by atoms with Gasteiger partial charge in [0.15, 0.2) is 0 Å². The van der Waals surface area contributed by atoms with Crippen LogP contribution in [0, 0.1) is 0 Å². The Hall–Kier alpha value is -0.670. The van der Waals surface area contributed by atoms with E-state index in [1.54, 1.807) is 7.05 Å². The average molecular weight is 193 g/mol. The van der Waals surface area contributed by atoms with Gasteiger partial charge in [-0.25, -0.2) is 0 Å². The third-order valence-corrected chi connectivity index (χ3v) is 2.19. The van der Waals surface area contributed by atoms with E-state index in [9.17, 15) is 4.79 Å². The van der Waals surface area contributed by atoms with E-state index in [0.29, 0.717) is 5.15 Å². The van der Waals surface area contributed by atoms with Gasteiger partial charge in [-0.15, -0.1) is 0 Å². The molecule has 1 amide bonds. The molecule has 0 spiro atoms. The summed E-state index contributed by atoms with van der Waals surface area (Å²) in [5.74, 6) is -0.572. The van der Waals surface area contributed by atoms with Gasteiger partial charge in [-0.3, -0.25) is 4.79 Å². The third-order valence-electron chi connectivity index (χ3n) is 1.37. The van der Waals surface area contributed by atoms with Crippen LogP contribution >= 0.6 is 23.2 Å². The van der Waals surface area contributed by atoms with Crippen LogP contribution < -0.4 is 5.73 Å². The summed E-state index contributed by atoms with van der Waals surface area (Å²) in [6, 6.07) is 1.44. The number of primary amides is 1. The SMILES string of the molecule is Cn1c(Cl)cc(C(N)=O)c1Cl. The number of hydrogen-bond donors (Lipinski definition) is 1. The predicted molar refractivity (Wildman–Crippen MR) is 44.0 cm³/mol. The third kappa shape index (κ3) is 1.34. The molecular formula is C6H6Cl2N2O. The number of aromatic nitrogens is 1. The van der Waals surface area contributed by atoms with Gasteiger partial charge in [0.2, 0.25) is 0 Å². The topological polar surface area (TPSA) is 48.0 Å². The molecule has 2 N–H and O–H groups in total. The maximum atomic E-state index is 10.7. The first kappa shape index (κ1) is 8.43. The van der Waals surface area contributed by atoms with Gasteiger partial charge >= 0.3 is 0 Å². The van der Waals surface area contributed by atoms with Crippen LogP contribution in [0.4, 0.5) is 0 Å². The van der Waals surface area contributed by atoms with Crippen LogP contribution in [0.25, 0.3) is 0 Å². The minimum Gasteiger partial charge on any atom is -0.366 e. The highest BCUT2D eigenvalue weighted by Crippen LogP contribution is 2.22. The van der Waals surface area contributed by atoms with Crippen LogP contribution in [0.2, 0.25) is 10.3 Å². The number of nitrogens with zero attached hydrogens (tertiary/aromatic N) is 1. The summed E-state index contributed by atoms with van der Waals surface area (Å²) in [5, 5.41) is 0.659. The first-order chi connectivity index (χ1) is 5.04. The number of halogens is 2. The molecule has 0 atom stereocenters. The van der Waals surface area contributed by atoms with Crippen molar-refractivity contribution in [2.24, 2.45) is 12.8 Å². The molecule has 1 heterocycles. The molecule has 1 rings (SSSR count). The largest absolute Gasteiger partial charge is 0.366 e. The number of amides is 1.